The first-order chi connectivity index (χ1) is 7.24. The SMILES string of the molecule is COC(=O)C(N)CNCc1ccccc1. The van der Waals surface area contributed by atoms with Gasteiger partial charge in [0.15, 0.2) is 0 Å². The van der Waals surface area contributed by atoms with Crippen LogP contribution in [0.5, 0.6) is 0 Å². The molecule has 0 fully saturated rings. The summed E-state index contributed by atoms with van der Waals surface area (Å²) in [6.45, 7) is 1.12. The summed E-state index contributed by atoms with van der Waals surface area (Å²) in [5, 5.41) is 3.09. The zero-order valence-corrected chi connectivity index (χ0v) is 8.77. The van der Waals surface area contributed by atoms with Crippen LogP contribution in [0.2, 0.25) is 0 Å². The lowest BCUT2D eigenvalue weighted by Crippen LogP contribution is -2.40. The molecule has 0 spiro atoms. The Labute approximate surface area is 89.4 Å². The van der Waals surface area contributed by atoms with Gasteiger partial charge in [-0.25, -0.2) is 0 Å². The van der Waals surface area contributed by atoms with E-state index in [0.717, 1.165) is 5.56 Å². The third-order valence-electron chi connectivity index (χ3n) is 2.04. The van der Waals surface area contributed by atoms with Crippen molar-refractivity contribution in [2.75, 3.05) is 13.7 Å². The molecule has 0 bridgehead atoms. The molecule has 0 radical (unpaired) electrons. The Morgan fingerprint density at radius 3 is 2.73 bits per heavy atom. The van der Waals surface area contributed by atoms with E-state index in [1.807, 2.05) is 30.3 Å². The summed E-state index contributed by atoms with van der Waals surface area (Å²) in [5.74, 6) is -0.393. The molecule has 0 saturated carbocycles. The van der Waals surface area contributed by atoms with E-state index >= 15 is 0 Å². The Bertz CT molecular complexity index is 301. The van der Waals surface area contributed by atoms with Gasteiger partial charge in [0.2, 0.25) is 0 Å². The molecule has 1 aromatic carbocycles. The highest BCUT2D eigenvalue weighted by Crippen LogP contribution is 1.96. The summed E-state index contributed by atoms with van der Waals surface area (Å²) in [5.41, 5.74) is 6.72. The summed E-state index contributed by atoms with van der Waals surface area (Å²) in [7, 11) is 1.33. The first kappa shape index (κ1) is 11.7. The zero-order chi connectivity index (χ0) is 11.1. The van der Waals surface area contributed by atoms with Crippen LogP contribution in [0.3, 0.4) is 0 Å². The normalized spacial score (nSPS) is 12.1. The van der Waals surface area contributed by atoms with Gasteiger partial charge in [-0.3, -0.25) is 4.79 Å². The van der Waals surface area contributed by atoms with Gasteiger partial charge >= 0.3 is 5.97 Å². The summed E-state index contributed by atoms with van der Waals surface area (Å²) >= 11 is 0. The second-order valence-electron chi connectivity index (χ2n) is 3.25. The number of carbonyl (C=O) groups excluding carboxylic acids is 1. The zero-order valence-electron chi connectivity index (χ0n) is 8.77. The Morgan fingerprint density at radius 1 is 1.47 bits per heavy atom. The summed E-state index contributed by atoms with van der Waals surface area (Å²) in [4.78, 5) is 11.0. The first-order valence-electron chi connectivity index (χ1n) is 4.82. The van der Waals surface area contributed by atoms with Crippen LogP contribution in [-0.4, -0.2) is 25.7 Å². The number of ether oxygens (including phenoxy) is 1. The summed E-state index contributed by atoms with van der Waals surface area (Å²) < 4.78 is 4.51. The molecule has 1 atom stereocenters. The van der Waals surface area contributed by atoms with E-state index in [1.54, 1.807) is 0 Å². The molecule has 4 heteroatoms. The molecule has 0 amide bonds. The quantitative estimate of drug-likeness (QED) is 0.682. The maximum absolute atomic E-state index is 11.0. The van der Waals surface area contributed by atoms with Crippen molar-refractivity contribution in [1.82, 2.24) is 5.32 Å². The number of carbonyl (C=O) groups is 1. The van der Waals surface area contributed by atoms with Crippen LogP contribution < -0.4 is 11.1 Å². The lowest BCUT2D eigenvalue weighted by Gasteiger charge is -2.10. The number of nitrogens with one attached hydrogen (secondary N) is 1. The fourth-order valence-electron chi connectivity index (χ4n) is 1.20. The number of rotatable bonds is 5. The molecular weight excluding hydrogens is 192 g/mol. The van der Waals surface area contributed by atoms with Crippen molar-refractivity contribution in [2.24, 2.45) is 5.73 Å². The molecule has 0 saturated heterocycles. The molecule has 1 unspecified atom stereocenters. The third-order valence-corrected chi connectivity index (χ3v) is 2.04. The van der Waals surface area contributed by atoms with Crippen molar-refractivity contribution >= 4 is 5.97 Å². The minimum absolute atomic E-state index is 0.393. The number of hydrogen-bond acceptors (Lipinski definition) is 4. The van der Waals surface area contributed by atoms with E-state index in [2.05, 4.69) is 10.1 Å². The highest BCUT2D eigenvalue weighted by molar-refractivity contribution is 5.75. The van der Waals surface area contributed by atoms with Crippen LogP contribution in [0.1, 0.15) is 5.56 Å². The second kappa shape index (κ2) is 6.16. The van der Waals surface area contributed by atoms with Crippen molar-refractivity contribution in [1.29, 1.82) is 0 Å². The molecule has 15 heavy (non-hydrogen) atoms. The number of methoxy groups -OCH3 is 1. The van der Waals surface area contributed by atoms with Crippen LogP contribution in [0.25, 0.3) is 0 Å². The van der Waals surface area contributed by atoms with Gasteiger partial charge in [0, 0.05) is 13.1 Å². The Morgan fingerprint density at radius 2 is 2.13 bits per heavy atom. The Kier molecular flexibility index (Phi) is 4.80. The molecule has 1 aromatic rings. The highest BCUT2D eigenvalue weighted by atomic mass is 16.5. The smallest absolute Gasteiger partial charge is 0.323 e. The van der Waals surface area contributed by atoms with E-state index in [4.69, 9.17) is 5.73 Å². The van der Waals surface area contributed by atoms with Crippen molar-refractivity contribution in [3.63, 3.8) is 0 Å². The van der Waals surface area contributed by atoms with Gasteiger partial charge < -0.3 is 15.8 Å². The van der Waals surface area contributed by atoms with E-state index < -0.39 is 12.0 Å². The van der Waals surface area contributed by atoms with Gasteiger partial charge in [-0.1, -0.05) is 30.3 Å². The third kappa shape index (κ3) is 4.10. The predicted molar refractivity (Wildman–Crippen MR) is 58.1 cm³/mol. The van der Waals surface area contributed by atoms with Gasteiger partial charge in [-0.05, 0) is 5.56 Å². The molecule has 0 aliphatic rings. The maximum Gasteiger partial charge on any atom is 0.323 e. The van der Waals surface area contributed by atoms with E-state index in [1.165, 1.54) is 7.11 Å². The predicted octanol–water partition coefficient (Wildman–Crippen LogP) is 0.277. The van der Waals surface area contributed by atoms with Crippen LogP contribution in [0, 0.1) is 0 Å². The lowest BCUT2D eigenvalue weighted by atomic mass is 10.2. The summed E-state index contributed by atoms with van der Waals surface area (Å²) in [6.07, 6.45) is 0. The van der Waals surface area contributed by atoms with Crippen molar-refractivity contribution < 1.29 is 9.53 Å². The molecule has 0 aliphatic heterocycles. The minimum Gasteiger partial charge on any atom is -0.468 e. The Balaban J connectivity index is 2.25. The van der Waals surface area contributed by atoms with Crippen LogP contribution >= 0.6 is 0 Å². The maximum atomic E-state index is 11.0. The van der Waals surface area contributed by atoms with Gasteiger partial charge in [-0.15, -0.1) is 0 Å². The average molecular weight is 208 g/mol. The van der Waals surface area contributed by atoms with Crippen LogP contribution in [0.4, 0.5) is 0 Å². The van der Waals surface area contributed by atoms with Gasteiger partial charge in [0.05, 0.1) is 7.11 Å². The molecule has 3 N–H and O–H groups in total. The standard InChI is InChI=1S/C11H16N2O2/c1-15-11(14)10(12)8-13-7-9-5-3-2-4-6-9/h2-6,10,13H,7-8,12H2,1H3. The molecule has 0 heterocycles. The van der Waals surface area contributed by atoms with Gasteiger partial charge in [0.1, 0.15) is 6.04 Å². The molecular formula is C11H16N2O2. The fourth-order valence-corrected chi connectivity index (χ4v) is 1.20. The number of esters is 1. The first-order valence-corrected chi connectivity index (χ1v) is 4.82. The fraction of sp³-hybridized carbons (Fsp3) is 0.364. The van der Waals surface area contributed by atoms with Crippen LogP contribution in [0.15, 0.2) is 30.3 Å². The van der Waals surface area contributed by atoms with Gasteiger partial charge in [-0.2, -0.15) is 0 Å². The minimum atomic E-state index is -0.598. The number of nitrogens with two attached hydrogens (primary N) is 1. The Hall–Kier alpha value is -1.39. The molecule has 0 aromatic heterocycles. The molecule has 4 nitrogen and oxygen atoms in total. The molecule has 1 rings (SSSR count). The highest BCUT2D eigenvalue weighted by Gasteiger charge is 2.12. The monoisotopic (exact) mass is 208 g/mol. The van der Waals surface area contributed by atoms with Gasteiger partial charge in [0.25, 0.3) is 0 Å². The summed E-state index contributed by atoms with van der Waals surface area (Å²) in [6, 6.07) is 9.32. The number of benzene rings is 1. The second-order valence-corrected chi connectivity index (χ2v) is 3.25. The molecule has 0 aliphatic carbocycles. The lowest BCUT2D eigenvalue weighted by molar-refractivity contribution is -0.142. The van der Waals surface area contributed by atoms with Crippen molar-refractivity contribution in [2.45, 2.75) is 12.6 Å². The van der Waals surface area contributed by atoms with E-state index in [-0.39, 0.29) is 0 Å². The van der Waals surface area contributed by atoms with Crippen molar-refractivity contribution in [3.8, 4) is 0 Å². The largest absolute Gasteiger partial charge is 0.468 e. The van der Waals surface area contributed by atoms with E-state index in [9.17, 15) is 4.79 Å². The topological polar surface area (TPSA) is 64.3 Å². The van der Waals surface area contributed by atoms with E-state index in [0.29, 0.717) is 13.1 Å². The molecule has 82 valence electrons. The van der Waals surface area contributed by atoms with Crippen LogP contribution in [-0.2, 0) is 16.1 Å². The van der Waals surface area contributed by atoms with Crippen molar-refractivity contribution in [3.05, 3.63) is 35.9 Å². The average Bonchev–Trinajstić information content (AvgIpc) is 2.29. The number of hydrogen-bond donors (Lipinski definition) is 2.